The lowest BCUT2D eigenvalue weighted by Crippen LogP contribution is -2.31. The van der Waals surface area contributed by atoms with E-state index in [4.69, 9.17) is 5.26 Å². The first kappa shape index (κ1) is 16.2. The van der Waals surface area contributed by atoms with Crippen LogP contribution in [0.25, 0.3) is 0 Å². The molecule has 0 saturated heterocycles. The quantitative estimate of drug-likeness (QED) is 0.719. The average Bonchev–Trinajstić information content (AvgIpc) is 2.08. The van der Waals surface area contributed by atoms with Crippen molar-refractivity contribution < 1.29 is 30.0 Å². The minimum absolute atomic E-state index is 0.759. The van der Waals surface area contributed by atoms with Gasteiger partial charge in [0.15, 0.2) is 15.8 Å². The maximum atomic E-state index is 12.1. The number of hydrogen-bond acceptors (Lipinski definition) is 5. The van der Waals surface area contributed by atoms with Crippen LogP contribution in [0.2, 0.25) is 0 Å². The predicted octanol–water partition coefficient (Wildman–Crippen LogP) is 0.148. The Kier molecular flexibility index (Phi) is 4.97. The Balaban J connectivity index is 4.73. The standard InChI is InChI=1S/C7H10F3NO4S2/c1-16(12,13)2-3-17(14,15)5-6(4-11)7(8,9)10/h6H,2-3,5H2,1H3. The number of halogens is 3. The van der Waals surface area contributed by atoms with E-state index in [9.17, 15) is 30.0 Å². The molecule has 0 aliphatic carbocycles. The molecule has 0 N–H and O–H groups in total. The third-order valence-corrected chi connectivity index (χ3v) is 4.61. The van der Waals surface area contributed by atoms with E-state index in [2.05, 4.69) is 0 Å². The SMILES string of the molecule is CS(=O)(=O)CCS(=O)(=O)CC(C#N)C(F)(F)F. The summed E-state index contributed by atoms with van der Waals surface area (Å²) < 4.78 is 80.1. The maximum absolute atomic E-state index is 12.1. The summed E-state index contributed by atoms with van der Waals surface area (Å²) in [6.07, 6.45) is -4.17. The molecule has 0 heterocycles. The van der Waals surface area contributed by atoms with E-state index < -0.39 is 49.0 Å². The lowest BCUT2D eigenvalue weighted by molar-refractivity contribution is -0.153. The van der Waals surface area contributed by atoms with Crippen LogP contribution in [-0.2, 0) is 19.7 Å². The Morgan fingerprint density at radius 1 is 1.18 bits per heavy atom. The number of rotatable bonds is 5. The molecular formula is C7H10F3NO4S2. The molecule has 0 aliphatic heterocycles. The van der Waals surface area contributed by atoms with Gasteiger partial charge in [-0.25, -0.2) is 16.8 Å². The lowest BCUT2D eigenvalue weighted by Gasteiger charge is -2.12. The average molecular weight is 293 g/mol. The van der Waals surface area contributed by atoms with E-state index in [1.807, 2.05) is 0 Å². The van der Waals surface area contributed by atoms with Gasteiger partial charge in [0.2, 0.25) is 0 Å². The second-order valence-corrected chi connectivity index (χ2v) is 7.96. The van der Waals surface area contributed by atoms with Crippen LogP contribution >= 0.6 is 0 Å². The Bertz CT molecular complexity index is 500. The molecule has 0 aromatic heterocycles. The van der Waals surface area contributed by atoms with Gasteiger partial charge in [-0.05, 0) is 0 Å². The monoisotopic (exact) mass is 293 g/mol. The zero-order chi connectivity index (χ0) is 13.9. The second-order valence-electron chi connectivity index (χ2n) is 3.47. The molecule has 0 amide bonds. The molecule has 5 nitrogen and oxygen atoms in total. The summed E-state index contributed by atoms with van der Waals surface area (Å²) in [6.45, 7) is 0. The van der Waals surface area contributed by atoms with Gasteiger partial charge in [-0.15, -0.1) is 0 Å². The van der Waals surface area contributed by atoms with Crippen LogP contribution in [-0.4, -0.2) is 46.5 Å². The fourth-order valence-corrected chi connectivity index (χ4v) is 3.99. The molecule has 0 aliphatic rings. The van der Waals surface area contributed by atoms with E-state index in [1.54, 1.807) is 0 Å². The van der Waals surface area contributed by atoms with Crippen LogP contribution in [0.1, 0.15) is 0 Å². The normalized spacial score (nSPS) is 15.2. The summed E-state index contributed by atoms with van der Waals surface area (Å²) in [7, 11) is -7.81. The van der Waals surface area contributed by atoms with Gasteiger partial charge in [-0.2, -0.15) is 18.4 Å². The highest BCUT2D eigenvalue weighted by atomic mass is 32.2. The van der Waals surface area contributed by atoms with Gasteiger partial charge < -0.3 is 0 Å². The zero-order valence-corrected chi connectivity index (χ0v) is 10.4. The van der Waals surface area contributed by atoms with Crippen molar-refractivity contribution in [1.82, 2.24) is 0 Å². The van der Waals surface area contributed by atoms with Crippen molar-refractivity contribution in [1.29, 1.82) is 5.26 Å². The Labute approximate surface area is 97.1 Å². The van der Waals surface area contributed by atoms with Crippen molar-refractivity contribution in [3.8, 4) is 6.07 Å². The van der Waals surface area contributed by atoms with E-state index in [0.717, 1.165) is 12.3 Å². The highest BCUT2D eigenvalue weighted by molar-refractivity contribution is 7.94. The van der Waals surface area contributed by atoms with E-state index >= 15 is 0 Å². The number of nitriles is 1. The minimum atomic E-state index is -4.94. The van der Waals surface area contributed by atoms with Crippen molar-refractivity contribution in [2.24, 2.45) is 5.92 Å². The fourth-order valence-electron chi connectivity index (χ4n) is 0.821. The number of sulfone groups is 2. The number of nitrogens with zero attached hydrogens (tertiary/aromatic N) is 1. The van der Waals surface area contributed by atoms with Gasteiger partial charge in [0.25, 0.3) is 0 Å². The third kappa shape index (κ3) is 7.17. The van der Waals surface area contributed by atoms with Gasteiger partial charge in [0, 0.05) is 6.26 Å². The number of hydrogen-bond donors (Lipinski definition) is 0. The highest BCUT2D eigenvalue weighted by Gasteiger charge is 2.42. The largest absolute Gasteiger partial charge is 0.405 e. The lowest BCUT2D eigenvalue weighted by atomic mass is 10.2. The second kappa shape index (κ2) is 5.22. The summed E-state index contributed by atoms with van der Waals surface area (Å²) in [5.74, 6) is -5.72. The summed E-state index contributed by atoms with van der Waals surface area (Å²) in [6, 6.07) is 0.842. The van der Waals surface area contributed by atoms with Crippen LogP contribution in [0.15, 0.2) is 0 Å². The first-order valence-corrected chi connectivity index (χ1v) is 8.10. The van der Waals surface area contributed by atoms with Crippen molar-refractivity contribution in [3.63, 3.8) is 0 Å². The predicted molar refractivity (Wildman–Crippen MR) is 53.5 cm³/mol. The highest BCUT2D eigenvalue weighted by Crippen LogP contribution is 2.26. The van der Waals surface area contributed by atoms with Gasteiger partial charge in [0.1, 0.15) is 9.84 Å². The third-order valence-electron chi connectivity index (χ3n) is 1.74. The van der Waals surface area contributed by atoms with Gasteiger partial charge in [0.05, 0.1) is 23.3 Å². The molecule has 0 spiro atoms. The van der Waals surface area contributed by atoms with Crippen LogP contribution in [0.3, 0.4) is 0 Å². The van der Waals surface area contributed by atoms with Crippen molar-refractivity contribution >= 4 is 19.7 Å². The summed E-state index contributed by atoms with van der Waals surface area (Å²) in [4.78, 5) is 0. The Morgan fingerprint density at radius 3 is 1.94 bits per heavy atom. The Hall–Kier alpha value is -0.820. The minimum Gasteiger partial charge on any atom is -0.229 e. The summed E-state index contributed by atoms with van der Waals surface area (Å²) in [5, 5.41) is 8.20. The van der Waals surface area contributed by atoms with E-state index in [0.29, 0.717) is 0 Å². The van der Waals surface area contributed by atoms with Gasteiger partial charge in [-0.3, -0.25) is 0 Å². The molecule has 0 fully saturated rings. The summed E-state index contributed by atoms with van der Waals surface area (Å²) in [5.41, 5.74) is 0. The molecule has 1 atom stereocenters. The molecule has 0 aromatic carbocycles. The Morgan fingerprint density at radius 2 is 1.65 bits per heavy atom. The first-order chi connectivity index (χ1) is 7.37. The molecule has 0 bridgehead atoms. The molecule has 1 unspecified atom stereocenters. The fraction of sp³-hybridized carbons (Fsp3) is 0.857. The van der Waals surface area contributed by atoms with Crippen molar-refractivity contribution in [2.75, 3.05) is 23.5 Å². The van der Waals surface area contributed by atoms with Crippen molar-refractivity contribution in [2.45, 2.75) is 6.18 Å². The molecule has 17 heavy (non-hydrogen) atoms. The molecular weight excluding hydrogens is 283 g/mol. The molecule has 0 saturated carbocycles. The molecule has 0 rings (SSSR count). The zero-order valence-electron chi connectivity index (χ0n) is 8.73. The first-order valence-electron chi connectivity index (χ1n) is 4.22. The number of alkyl halides is 3. The van der Waals surface area contributed by atoms with Crippen molar-refractivity contribution in [3.05, 3.63) is 0 Å². The molecule has 10 heteroatoms. The maximum Gasteiger partial charge on any atom is 0.405 e. The van der Waals surface area contributed by atoms with Gasteiger partial charge in [-0.1, -0.05) is 0 Å². The van der Waals surface area contributed by atoms with E-state index in [-0.39, 0.29) is 0 Å². The van der Waals surface area contributed by atoms with Crippen LogP contribution in [0.5, 0.6) is 0 Å². The topological polar surface area (TPSA) is 92.1 Å². The van der Waals surface area contributed by atoms with Crippen LogP contribution in [0.4, 0.5) is 13.2 Å². The van der Waals surface area contributed by atoms with Crippen LogP contribution in [0, 0.1) is 17.2 Å². The molecule has 0 radical (unpaired) electrons. The smallest absolute Gasteiger partial charge is 0.229 e. The summed E-state index contributed by atoms with van der Waals surface area (Å²) >= 11 is 0. The molecule has 100 valence electrons. The van der Waals surface area contributed by atoms with Gasteiger partial charge >= 0.3 is 6.18 Å². The van der Waals surface area contributed by atoms with Crippen LogP contribution < -0.4 is 0 Å². The van der Waals surface area contributed by atoms with E-state index in [1.165, 1.54) is 0 Å². The molecule has 0 aromatic rings.